The summed E-state index contributed by atoms with van der Waals surface area (Å²) in [7, 11) is 1.76. The van der Waals surface area contributed by atoms with Crippen LogP contribution in [0.3, 0.4) is 0 Å². The molecule has 2 N–H and O–H groups in total. The molecule has 0 saturated heterocycles. The number of anilines is 1. The summed E-state index contributed by atoms with van der Waals surface area (Å²) in [6.45, 7) is 0. The molecule has 0 aliphatic heterocycles. The fraction of sp³-hybridized carbons (Fsp3) is 0.0667. The molecule has 0 bridgehead atoms. The number of nitrogens with zero attached hydrogens (tertiary/aromatic N) is 3. The number of nitrogen functional groups attached to an aromatic ring is 1. The maximum absolute atomic E-state index is 13.6. The standard InChI is InChI=1S/C15H12BrFN4/c1-21-15(18)13(9-3-2-6-19-8-9)14(20-21)11-7-10(17)4-5-12(11)16/h2-8H,18H2,1H3. The Kier molecular flexibility index (Phi) is 3.47. The van der Waals surface area contributed by atoms with Gasteiger partial charge in [0.25, 0.3) is 0 Å². The molecule has 2 heterocycles. The van der Waals surface area contributed by atoms with Crippen molar-refractivity contribution in [2.75, 3.05) is 5.73 Å². The van der Waals surface area contributed by atoms with Crippen molar-refractivity contribution in [3.8, 4) is 22.4 Å². The predicted molar refractivity (Wildman–Crippen MR) is 83.9 cm³/mol. The van der Waals surface area contributed by atoms with Crippen LogP contribution in [0, 0.1) is 5.82 Å². The van der Waals surface area contributed by atoms with Crippen LogP contribution in [0.5, 0.6) is 0 Å². The highest BCUT2D eigenvalue weighted by atomic mass is 79.9. The van der Waals surface area contributed by atoms with Crippen LogP contribution in [0.4, 0.5) is 10.2 Å². The van der Waals surface area contributed by atoms with Gasteiger partial charge in [0.2, 0.25) is 0 Å². The number of pyridine rings is 1. The van der Waals surface area contributed by atoms with Gasteiger partial charge >= 0.3 is 0 Å². The van der Waals surface area contributed by atoms with Gasteiger partial charge in [-0.15, -0.1) is 0 Å². The molecule has 106 valence electrons. The Morgan fingerprint density at radius 2 is 2.10 bits per heavy atom. The van der Waals surface area contributed by atoms with E-state index in [-0.39, 0.29) is 5.82 Å². The summed E-state index contributed by atoms with van der Waals surface area (Å²) in [5.74, 6) is 0.184. The second-order valence-corrected chi connectivity index (χ2v) is 5.45. The molecule has 1 aromatic carbocycles. The van der Waals surface area contributed by atoms with E-state index in [2.05, 4.69) is 26.0 Å². The summed E-state index contributed by atoms with van der Waals surface area (Å²) in [6, 6.07) is 8.21. The van der Waals surface area contributed by atoms with Crippen molar-refractivity contribution in [1.82, 2.24) is 14.8 Å². The van der Waals surface area contributed by atoms with E-state index in [4.69, 9.17) is 5.73 Å². The summed E-state index contributed by atoms with van der Waals surface area (Å²) in [5.41, 5.74) is 8.99. The molecule has 0 radical (unpaired) electrons. The number of benzene rings is 1. The molecule has 2 aromatic heterocycles. The van der Waals surface area contributed by atoms with Gasteiger partial charge in [-0.3, -0.25) is 9.67 Å². The molecule has 3 aromatic rings. The summed E-state index contributed by atoms with van der Waals surface area (Å²) in [4.78, 5) is 4.11. The molecule has 0 fully saturated rings. The van der Waals surface area contributed by atoms with Crippen molar-refractivity contribution in [2.45, 2.75) is 0 Å². The Hall–Kier alpha value is -2.21. The lowest BCUT2D eigenvalue weighted by Crippen LogP contribution is -1.98. The zero-order valence-corrected chi connectivity index (χ0v) is 12.8. The van der Waals surface area contributed by atoms with Crippen LogP contribution in [-0.2, 0) is 7.05 Å². The number of hydrogen-bond acceptors (Lipinski definition) is 3. The molecule has 0 unspecified atom stereocenters. The molecule has 0 saturated carbocycles. The Labute approximate surface area is 129 Å². The highest BCUT2D eigenvalue weighted by Crippen LogP contribution is 2.38. The van der Waals surface area contributed by atoms with Gasteiger partial charge in [0.15, 0.2) is 0 Å². The maximum Gasteiger partial charge on any atom is 0.129 e. The van der Waals surface area contributed by atoms with Crippen molar-refractivity contribution in [2.24, 2.45) is 7.05 Å². The van der Waals surface area contributed by atoms with Gasteiger partial charge in [-0.2, -0.15) is 5.10 Å². The van der Waals surface area contributed by atoms with Crippen molar-refractivity contribution in [1.29, 1.82) is 0 Å². The first-order chi connectivity index (χ1) is 10.1. The quantitative estimate of drug-likeness (QED) is 0.770. The Bertz CT molecular complexity index is 799. The molecule has 6 heteroatoms. The second-order valence-electron chi connectivity index (χ2n) is 4.60. The molecule has 0 aliphatic rings. The average molecular weight is 347 g/mol. The van der Waals surface area contributed by atoms with Gasteiger partial charge in [-0.05, 0) is 24.3 Å². The lowest BCUT2D eigenvalue weighted by atomic mass is 10.0. The third-order valence-corrected chi connectivity index (χ3v) is 3.92. The largest absolute Gasteiger partial charge is 0.383 e. The van der Waals surface area contributed by atoms with E-state index in [9.17, 15) is 4.39 Å². The Morgan fingerprint density at radius 3 is 2.81 bits per heavy atom. The second kappa shape index (κ2) is 5.29. The fourth-order valence-electron chi connectivity index (χ4n) is 2.20. The van der Waals surface area contributed by atoms with E-state index in [0.29, 0.717) is 17.1 Å². The summed E-state index contributed by atoms with van der Waals surface area (Å²) in [5, 5.41) is 4.43. The van der Waals surface area contributed by atoms with E-state index >= 15 is 0 Å². The first-order valence-electron chi connectivity index (χ1n) is 6.26. The first-order valence-corrected chi connectivity index (χ1v) is 7.05. The summed E-state index contributed by atoms with van der Waals surface area (Å²) >= 11 is 3.44. The Balaban J connectivity index is 2.29. The number of rotatable bonds is 2. The van der Waals surface area contributed by atoms with Crippen LogP contribution in [0.2, 0.25) is 0 Å². The van der Waals surface area contributed by atoms with Crippen LogP contribution in [0.1, 0.15) is 0 Å². The van der Waals surface area contributed by atoms with Gasteiger partial charge in [-0.1, -0.05) is 22.0 Å². The minimum absolute atomic E-state index is 0.324. The maximum atomic E-state index is 13.6. The summed E-state index contributed by atoms with van der Waals surface area (Å²) < 4.78 is 15.9. The zero-order chi connectivity index (χ0) is 15.0. The van der Waals surface area contributed by atoms with E-state index in [1.54, 1.807) is 30.2 Å². The first kappa shape index (κ1) is 13.8. The number of hydrogen-bond donors (Lipinski definition) is 1. The third kappa shape index (κ3) is 2.42. The molecule has 0 atom stereocenters. The molecule has 0 aliphatic carbocycles. The van der Waals surface area contributed by atoms with Crippen molar-refractivity contribution < 1.29 is 4.39 Å². The van der Waals surface area contributed by atoms with Crippen LogP contribution < -0.4 is 5.73 Å². The molecule has 4 nitrogen and oxygen atoms in total. The number of aryl methyl sites for hydroxylation is 1. The van der Waals surface area contributed by atoms with Gasteiger partial charge < -0.3 is 5.73 Å². The van der Waals surface area contributed by atoms with Crippen molar-refractivity contribution >= 4 is 21.7 Å². The van der Waals surface area contributed by atoms with Gasteiger partial charge in [0.05, 0.1) is 5.56 Å². The highest BCUT2D eigenvalue weighted by Gasteiger charge is 2.19. The lowest BCUT2D eigenvalue weighted by molar-refractivity contribution is 0.628. The SMILES string of the molecule is Cn1nc(-c2cc(F)ccc2Br)c(-c2cccnc2)c1N. The van der Waals surface area contributed by atoms with Crippen LogP contribution in [-0.4, -0.2) is 14.8 Å². The number of halogens is 2. The van der Waals surface area contributed by atoms with E-state index in [0.717, 1.165) is 15.6 Å². The number of nitrogens with two attached hydrogens (primary N) is 1. The van der Waals surface area contributed by atoms with E-state index in [1.165, 1.54) is 12.1 Å². The van der Waals surface area contributed by atoms with Crippen molar-refractivity contribution in [3.63, 3.8) is 0 Å². The van der Waals surface area contributed by atoms with Crippen LogP contribution in [0.25, 0.3) is 22.4 Å². The van der Waals surface area contributed by atoms with E-state index < -0.39 is 0 Å². The average Bonchev–Trinajstić information content (AvgIpc) is 2.78. The Morgan fingerprint density at radius 1 is 1.29 bits per heavy atom. The minimum atomic E-state index is -0.324. The van der Waals surface area contributed by atoms with Crippen LogP contribution in [0.15, 0.2) is 47.2 Å². The molecule has 21 heavy (non-hydrogen) atoms. The van der Waals surface area contributed by atoms with Crippen LogP contribution >= 0.6 is 15.9 Å². The lowest BCUT2D eigenvalue weighted by Gasteiger charge is -2.06. The molecule has 3 rings (SSSR count). The topological polar surface area (TPSA) is 56.7 Å². The third-order valence-electron chi connectivity index (χ3n) is 3.23. The monoisotopic (exact) mass is 346 g/mol. The summed E-state index contributed by atoms with van der Waals surface area (Å²) in [6.07, 6.45) is 3.40. The fourth-order valence-corrected chi connectivity index (χ4v) is 2.63. The van der Waals surface area contributed by atoms with Crippen molar-refractivity contribution in [3.05, 3.63) is 53.0 Å². The number of aromatic nitrogens is 3. The normalized spacial score (nSPS) is 10.8. The molecular formula is C15H12BrFN4. The molecule has 0 spiro atoms. The van der Waals surface area contributed by atoms with Gasteiger partial charge in [0, 0.05) is 35.0 Å². The molecular weight excluding hydrogens is 335 g/mol. The zero-order valence-electron chi connectivity index (χ0n) is 11.2. The molecule has 0 amide bonds. The smallest absolute Gasteiger partial charge is 0.129 e. The van der Waals surface area contributed by atoms with Gasteiger partial charge in [-0.25, -0.2) is 4.39 Å². The predicted octanol–water partition coefficient (Wildman–Crippen LogP) is 3.63. The minimum Gasteiger partial charge on any atom is -0.383 e. The van der Waals surface area contributed by atoms with Gasteiger partial charge in [0.1, 0.15) is 17.3 Å². The van der Waals surface area contributed by atoms with E-state index in [1.807, 2.05) is 12.1 Å². The highest BCUT2D eigenvalue weighted by molar-refractivity contribution is 9.10.